The van der Waals surface area contributed by atoms with Crippen LogP contribution >= 0.6 is 0 Å². The Labute approximate surface area is 79.1 Å². The van der Waals surface area contributed by atoms with E-state index in [-0.39, 0.29) is 24.3 Å². The van der Waals surface area contributed by atoms with Crippen molar-refractivity contribution in [3.05, 3.63) is 0 Å². The van der Waals surface area contributed by atoms with Crippen molar-refractivity contribution in [2.45, 2.75) is 33.2 Å². The van der Waals surface area contributed by atoms with Gasteiger partial charge in [0.2, 0.25) is 5.91 Å². The van der Waals surface area contributed by atoms with Gasteiger partial charge in [-0.2, -0.15) is 0 Å². The summed E-state index contributed by atoms with van der Waals surface area (Å²) in [5.74, 6) is -0.215. The zero-order valence-corrected chi connectivity index (χ0v) is 8.54. The van der Waals surface area contributed by atoms with Crippen LogP contribution in [0.5, 0.6) is 0 Å². The number of nitrogens with zero attached hydrogens (tertiary/aromatic N) is 1. The Morgan fingerprint density at radius 2 is 1.92 bits per heavy atom. The van der Waals surface area contributed by atoms with Crippen LogP contribution in [0.3, 0.4) is 0 Å². The first-order chi connectivity index (χ1) is 5.93. The second kappa shape index (κ2) is 5.70. The van der Waals surface area contributed by atoms with Gasteiger partial charge in [-0.1, -0.05) is 0 Å². The Balaban J connectivity index is 3.95. The third-order valence-electron chi connectivity index (χ3n) is 1.84. The normalized spacial score (nSPS) is 10.8. The summed E-state index contributed by atoms with van der Waals surface area (Å²) in [7, 11) is 0. The summed E-state index contributed by atoms with van der Waals surface area (Å²) in [6.45, 7) is 6.33. The molecule has 1 amide bonds. The molecule has 0 bridgehead atoms. The van der Waals surface area contributed by atoms with E-state index in [0.717, 1.165) is 0 Å². The summed E-state index contributed by atoms with van der Waals surface area (Å²) in [5, 5.41) is 0. The fraction of sp³-hybridized carbons (Fsp3) is 0.778. The molecule has 0 aromatic carbocycles. The van der Waals surface area contributed by atoms with Gasteiger partial charge in [-0.25, -0.2) is 0 Å². The zero-order valence-electron chi connectivity index (χ0n) is 8.54. The maximum absolute atomic E-state index is 10.7. The highest BCUT2D eigenvalue weighted by Gasteiger charge is 2.12. The van der Waals surface area contributed by atoms with E-state index in [1.54, 1.807) is 6.92 Å². The molecule has 0 saturated carbocycles. The highest BCUT2D eigenvalue weighted by Crippen LogP contribution is 1.99. The van der Waals surface area contributed by atoms with Gasteiger partial charge < -0.3 is 5.73 Å². The van der Waals surface area contributed by atoms with Crippen molar-refractivity contribution >= 4 is 11.7 Å². The highest BCUT2D eigenvalue weighted by atomic mass is 16.1. The summed E-state index contributed by atoms with van der Waals surface area (Å²) in [6, 6.07) is 0.242. The minimum atomic E-state index is -0.350. The first-order valence-corrected chi connectivity index (χ1v) is 4.45. The standard InChI is InChI=1S/C9H18N2O2/c1-7(2)11(6-9(10)13)5-4-8(3)12/h7H,4-6H2,1-3H3,(H2,10,13). The molecule has 4 nitrogen and oxygen atoms in total. The average Bonchev–Trinajstić information content (AvgIpc) is 1.96. The second-order valence-corrected chi connectivity index (χ2v) is 3.48. The summed E-state index contributed by atoms with van der Waals surface area (Å²) in [5.41, 5.74) is 5.07. The van der Waals surface area contributed by atoms with Crippen molar-refractivity contribution in [2.75, 3.05) is 13.1 Å². The van der Waals surface area contributed by atoms with E-state index in [4.69, 9.17) is 5.73 Å². The Morgan fingerprint density at radius 1 is 1.38 bits per heavy atom. The maximum Gasteiger partial charge on any atom is 0.231 e. The van der Waals surface area contributed by atoms with Crippen LogP contribution in [0.1, 0.15) is 27.2 Å². The maximum atomic E-state index is 10.7. The van der Waals surface area contributed by atoms with Crippen LogP contribution in [-0.2, 0) is 9.59 Å². The van der Waals surface area contributed by atoms with Gasteiger partial charge in [0, 0.05) is 19.0 Å². The molecule has 0 heterocycles. The topological polar surface area (TPSA) is 63.4 Å². The van der Waals surface area contributed by atoms with Crippen LogP contribution in [0.2, 0.25) is 0 Å². The number of carbonyl (C=O) groups excluding carboxylic acids is 2. The van der Waals surface area contributed by atoms with Crippen molar-refractivity contribution in [2.24, 2.45) is 5.73 Å². The molecule has 76 valence electrons. The van der Waals surface area contributed by atoms with Crippen molar-refractivity contribution in [3.63, 3.8) is 0 Å². The van der Waals surface area contributed by atoms with Gasteiger partial charge >= 0.3 is 0 Å². The molecule has 0 aliphatic heterocycles. The number of hydrogen-bond acceptors (Lipinski definition) is 3. The Kier molecular flexibility index (Phi) is 5.30. The zero-order chi connectivity index (χ0) is 10.4. The average molecular weight is 186 g/mol. The summed E-state index contributed by atoms with van der Waals surface area (Å²) in [6.07, 6.45) is 0.478. The Hall–Kier alpha value is -0.900. The van der Waals surface area contributed by atoms with E-state index in [1.807, 2.05) is 18.7 Å². The van der Waals surface area contributed by atoms with Crippen molar-refractivity contribution in [1.29, 1.82) is 0 Å². The monoisotopic (exact) mass is 186 g/mol. The Bertz CT molecular complexity index is 190. The van der Waals surface area contributed by atoms with Crippen LogP contribution in [0.15, 0.2) is 0 Å². The molecule has 2 N–H and O–H groups in total. The lowest BCUT2D eigenvalue weighted by atomic mass is 10.2. The molecule has 0 fully saturated rings. The van der Waals surface area contributed by atoms with Crippen LogP contribution in [0.25, 0.3) is 0 Å². The van der Waals surface area contributed by atoms with Crippen molar-refractivity contribution in [1.82, 2.24) is 4.90 Å². The third-order valence-corrected chi connectivity index (χ3v) is 1.84. The van der Waals surface area contributed by atoms with Gasteiger partial charge in [0.15, 0.2) is 0 Å². The predicted octanol–water partition coefficient (Wildman–Crippen LogP) is 0.161. The number of amides is 1. The first-order valence-electron chi connectivity index (χ1n) is 4.45. The quantitative estimate of drug-likeness (QED) is 0.642. The molecule has 0 saturated heterocycles. The number of hydrogen-bond donors (Lipinski definition) is 1. The molecule has 13 heavy (non-hydrogen) atoms. The largest absolute Gasteiger partial charge is 0.369 e. The molecule has 0 radical (unpaired) electrons. The van der Waals surface area contributed by atoms with E-state index in [9.17, 15) is 9.59 Å². The molecular weight excluding hydrogens is 168 g/mol. The minimum absolute atomic E-state index is 0.134. The van der Waals surface area contributed by atoms with Gasteiger partial charge in [-0.3, -0.25) is 14.5 Å². The highest BCUT2D eigenvalue weighted by molar-refractivity contribution is 5.77. The molecule has 0 atom stereocenters. The Morgan fingerprint density at radius 3 is 2.23 bits per heavy atom. The summed E-state index contributed by atoms with van der Waals surface area (Å²) < 4.78 is 0. The smallest absolute Gasteiger partial charge is 0.231 e. The number of nitrogens with two attached hydrogens (primary N) is 1. The van der Waals surface area contributed by atoms with Gasteiger partial charge in [-0.15, -0.1) is 0 Å². The first kappa shape index (κ1) is 12.1. The van der Waals surface area contributed by atoms with Gasteiger partial charge in [-0.05, 0) is 20.8 Å². The number of ketones is 1. The van der Waals surface area contributed by atoms with Crippen molar-refractivity contribution < 1.29 is 9.59 Å². The molecule has 0 aromatic rings. The van der Waals surface area contributed by atoms with Crippen LogP contribution in [-0.4, -0.2) is 35.7 Å². The number of Topliss-reactive ketones (excluding diaryl/α,β-unsaturated/α-hetero) is 1. The fourth-order valence-corrected chi connectivity index (χ4v) is 1.02. The van der Waals surface area contributed by atoms with Crippen LogP contribution in [0, 0.1) is 0 Å². The lowest BCUT2D eigenvalue weighted by Crippen LogP contribution is -2.39. The molecule has 0 aromatic heterocycles. The second-order valence-electron chi connectivity index (χ2n) is 3.48. The molecular formula is C9H18N2O2. The van der Waals surface area contributed by atoms with E-state index >= 15 is 0 Å². The lowest BCUT2D eigenvalue weighted by Gasteiger charge is -2.24. The van der Waals surface area contributed by atoms with E-state index < -0.39 is 0 Å². The third kappa shape index (κ3) is 6.28. The molecule has 0 spiro atoms. The summed E-state index contributed by atoms with van der Waals surface area (Å²) >= 11 is 0. The molecule has 0 aliphatic carbocycles. The van der Waals surface area contributed by atoms with Crippen molar-refractivity contribution in [3.8, 4) is 0 Å². The van der Waals surface area contributed by atoms with Crippen LogP contribution in [0.4, 0.5) is 0 Å². The molecule has 0 unspecified atom stereocenters. The molecule has 0 rings (SSSR count). The number of primary amides is 1. The van der Waals surface area contributed by atoms with Gasteiger partial charge in [0.05, 0.1) is 6.54 Å². The molecule has 4 heteroatoms. The van der Waals surface area contributed by atoms with E-state index in [2.05, 4.69) is 0 Å². The number of rotatable bonds is 6. The fourth-order valence-electron chi connectivity index (χ4n) is 1.02. The predicted molar refractivity (Wildman–Crippen MR) is 51.2 cm³/mol. The lowest BCUT2D eigenvalue weighted by molar-refractivity contribution is -0.121. The summed E-state index contributed by atoms with van der Waals surface area (Å²) in [4.78, 5) is 23.3. The van der Waals surface area contributed by atoms with E-state index in [0.29, 0.717) is 13.0 Å². The minimum Gasteiger partial charge on any atom is -0.369 e. The van der Waals surface area contributed by atoms with E-state index in [1.165, 1.54) is 0 Å². The van der Waals surface area contributed by atoms with Gasteiger partial charge in [0.1, 0.15) is 5.78 Å². The number of carbonyl (C=O) groups is 2. The SMILES string of the molecule is CC(=O)CCN(CC(N)=O)C(C)C. The van der Waals surface area contributed by atoms with Gasteiger partial charge in [0.25, 0.3) is 0 Å². The van der Waals surface area contributed by atoms with Crippen LogP contribution < -0.4 is 5.73 Å². The molecule has 0 aliphatic rings.